The van der Waals surface area contributed by atoms with Gasteiger partial charge in [0, 0.05) is 11.1 Å². The van der Waals surface area contributed by atoms with Gasteiger partial charge in [0.25, 0.3) is 0 Å². The van der Waals surface area contributed by atoms with Crippen LogP contribution in [0, 0.1) is 71.0 Å². The molecule has 184 valence electrons. The van der Waals surface area contributed by atoms with Crippen molar-refractivity contribution in [3.05, 3.63) is 45.5 Å². The van der Waals surface area contributed by atoms with E-state index in [1.54, 1.807) is 13.8 Å². The maximum absolute atomic E-state index is 13.2. The maximum atomic E-state index is 13.2. The molecule has 0 radical (unpaired) electrons. The molecule has 3 nitrogen and oxygen atoms in total. The Hall–Kier alpha value is -4.45. The van der Waals surface area contributed by atoms with Crippen LogP contribution in [0.2, 0.25) is 0 Å². The molecule has 38 heavy (non-hydrogen) atoms. The summed E-state index contributed by atoms with van der Waals surface area (Å²) in [6, 6.07) is 4.13. The van der Waals surface area contributed by atoms with E-state index >= 15 is 0 Å². The molecule has 0 saturated heterocycles. The highest BCUT2D eigenvalue weighted by Crippen LogP contribution is 2.51. The molecule has 0 atom stereocenters. The number of aryl methyl sites for hydroxylation is 2. The van der Waals surface area contributed by atoms with E-state index in [9.17, 15) is 4.21 Å². The summed E-state index contributed by atoms with van der Waals surface area (Å²) in [6.45, 7) is 3.47. The molecule has 0 unspecified atom stereocenters. The molecular formula is C34H24O3S. The van der Waals surface area contributed by atoms with E-state index in [-0.39, 0.29) is 0 Å². The topological polar surface area (TPSA) is 35.5 Å². The van der Waals surface area contributed by atoms with E-state index in [0.29, 0.717) is 22.6 Å². The predicted octanol–water partition coefficient (Wildman–Crippen LogP) is 5.22. The van der Waals surface area contributed by atoms with Crippen molar-refractivity contribution in [1.82, 2.24) is 0 Å². The summed E-state index contributed by atoms with van der Waals surface area (Å²) >= 11 is -2.08. The summed E-state index contributed by atoms with van der Waals surface area (Å²) in [7, 11) is 0. The molecule has 0 saturated carbocycles. The third-order valence-electron chi connectivity index (χ3n) is 6.78. The van der Waals surface area contributed by atoms with Crippen LogP contribution in [-0.4, -0.2) is 4.21 Å². The summed E-state index contributed by atoms with van der Waals surface area (Å²) in [5, 5.41) is 0. The second-order valence-electron chi connectivity index (χ2n) is 9.07. The summed E-state index contributed by atoms with van der Waals surface area (Å²) < 4.78 is 25.1. The molecule has 3 aliphatic rings. The quantitative estimate of drug-likeness (QED) is 0.454. The zero-order chi connectivity index (χ0) is 26.3. The molecular weight excluding hydrogens is 488 g/mol. The van der Waals surface area contributed by atoms with E-state index in [4.69, 9.17) is 8.37 Å². The van der Waals surface area contributed by atoms with Gasteiger partial charge in [-0.25, -0.2) is 0 Å². The van der Waals surface area contributed by atoms with Crippen LogP contribution in [-0.2, 0) is 37.0 Å². The molecule has 0 amide bonds. The summed E-state index contributed by atoms with van der Waals surface area (Å²) in [6.07, 6.45) is 8.14. The molecule has 2 aromatic carbocycles. The highest BCUT2D eigenvalue weighted by molar-refractivity contribution is 7.76. The SMILES string of the molecule is CC#CC#CC#Cc1cc2c(c3c1OS(=O)Oc1c(C#CC#CC#CC)cc4c(c1-3)CCCC4)CCCC2. The average Bonchev–Trinajstić information content (AvgIpc) is 3.09. The van der Waals surface area contributed by atoms with Gasteiger partial charge in [0.1, 0.15) is 0 Å². The lowest BCUT2D eigenvalue weighted by atomic mass is 9.78. The van der Waals surface area contributed by atoms with Gasteiger partial charge in [0.05, 0.1) is 11.1 Å². The molecule has 0 N–H and O–H groups in total. The summed E-state index contributed by atoms with van der Waals surface area (Å²) in [5.41, 5.74) is 8.14. The first-order chi connectivity index (χ1) is 18.7. The highest BCUT2D eigenvalue weighted by atomic mass is 32.2. The number of benzene rings is 2. The fourth-order valence-corrected chi connectivity index (χ4v) is 5.91. The van der Waals surface area contributed by atoms with Crippen molar-refractivity contribution in [2.24, 2.45) is 0 Å². The van der Waals surface area contributed by atoms with Crippen LogP contribution in [0.1, 0.15) is 72.9 Å². The zero-order valence-electron chi connectivity index (χ0n) is 21.4. The van der Waals surface area contributed by atoms with Gasteiger partial charge >= 0.3 is 11.4 Å². The molecule has 1 heterocycles. The smallest absolute Gasteiger partial charge is 0.369 e. The Morgan fingerprint density at radius 1 is 0.605 bits per heavy atom. The van der Waals surface area contributed by atoms with Gasteiger partial charge in [-0.05, 0) is 159 Å². The van der Waals surface area contributed by atoms with Crippen LogP contribution < -0.4 is 8.37 Å². The van der Waals surface area contributed by atoms with Crippen LogP contribution in [0.15, 0.2) is 12.1 Å². The van der Waals surface area contributed by atoms with E-state index < -0.39 is 11.4 Å². The minimum absolute atomic E-state index is 0.495. The minimum atomic E-state index is -2.08. The van der Waals surface area contributed by atoms with Gasteiger partial charge in [-0.15, -0.1) is 0 Å². The summed E-state index contributed by atoms with van der Waals surface area (Å²) in [5.74, 6) is 34.9. The first-order valence-electron chi connectivity index (χ1n) is 12.7. The van der Waals surface area contributed by atoms with Crippen LogP contribution in [0.4, 0.5) is 0 Å². The zero-order valence-corrected chi connectivity index (χ0v) is 22.3. The van der Waals surface area contributed by atoms with Gasteiger partial charge in [0.2, 0.25) is 0 Å². The normalized spacial score (nSPS) is 13.9. The van der Waals surface area contributed by atoms with E-state index in [2.05, 4.69) is 83.2 Å². The van der Waals surface area contributed by atoms with E-state index in [1.165, 1.54) is 22.3 Å². The van der Waals surface area contributed by atoms with Crippen molar-refractivity contribution in [1.29, 1.82) is 0 Å². The van der Waals surface area contributed by atoms with Gasteiger partial charge in [-0.2, -0.15) is 4.21 Å². The van der Waals surface area contributed by atoms with Crippen LogP contribution in [0.25, 0.3) is 11.1 Å². The Labute approximate surface area is 228 Å². The average molecular weight is 513 g/mol. The largest absolute Gasteiger partial charge is 0.417 e. The van der Waals surface area contributed by atoms with Crippen LogP contribution >= 0.6 is 0 Å². The standard InChI is InChI=1S/C34H24O3S/c1-3-5-7-9-11-19-27-23-25-17-13-15-21-29(25)31-32-30-22-16-14-18-26(30)24-28(20-12-10-8-6-4-2)34(32)37-38(35)36-33(27)31/h23-24H,13-18,21-22H2,1-2H3. The molecule has 5 rings (SSSR count). The van der Waals surface area contributed by atoms with Crippen LogP contribution in [0.5, 0.6) is 11.5 Å². The van der Waals surface area contributed by atoms with Gasteiger partial charge in [0.15, 0.2) is 11.5 Å². The third-order valence-corrected chi connectivity index (χ3v) is 7.38. The monoisotopic (exact) mass is 512 g/mol. The fraction of sp³-hybridized carbons (Fsp3) is 0.294. The van der Waals surface area contributed by atoms with E-state index in [1.807, 2.05) is 0 Å². The predicted molar refractivity (Wildman–Crippen MR) is 151 cm³/mol. The van der Waals surface area contributed by atoms with Gasteiger partial charge < -0.3 is 8.37 Å². The number of fused-ring (bicyclic) bond motifs is 7. The van der Waals surface area contributed by atoms with Crippen molar-refractivity contribution in [3.63, 3.8) is 0 Å². The first-order valence-corrected chi connectivity index (χ1v) is 13.7. The van der Waals surface area contributed by atoms with Gasteiger partial charge in [-0.1, -0.05) is 11.8 Å². The maximum Gasteiger partial charge on any atom is 0.417 e. The first kappa shape index (κ1) is 25.2. The Balaban J connectivity index is 1.83. The molecule has 0 fully saturated rings. The molecule has 2 aliphatic carbocycles. The second-order valence-corrected chi connectivity index (χ2v) is 9.81. The van der Waals surface area contributed by atoms with Crippen molar-refractivity contribution in [2.75, 3.05) is 0 Å². The number of hydrogen-bond donors (Lipinski definition) is 0. The Morgan fingerprint density at radius 2 is 1.03 bits per heavy atom. The fourth-order valence-electron chi connectivity index (χ4n) is 5.26. The summed E-state index contributed by atoms with van der Waals surface area (Å²) in [4.78, 5) is 0. The lowest BCUT2D eigenvalue weighted by molar-refractivity contribution is 0.467. The van der Waals surface area contributed by atoms with Crippen LogP contribution in [0.3, 0.4) is 0 Å². The molecule has 4 heteroatoms. The number of hydrogen-bond acceptors (Lipinski definition) is 3. The second kappa shape index (κ2) is 11.7. The molecule has 2 aromatic rings. The highest BCUT2D eigenvalue weighted by Gasteiger charge is 2.34. The molecule has 0 spiro atoms. The molecule has 1 aliphatic heterocycles. The van der Waals surface area contributed by atoms with Gasteiger partial charge in [-0.3, -0.25) is 0 Å². The third kappa shape index (κ3) is 5.16. The Morgan fingerprint density at radius 3 is 1.47 bits per heavy atom. The number of rotatable bonds is 0. The lowest BCUT2D eigenvalue weighted by Crippen LogP contribution is -2.10. The van der Waals surface area contributed by atoms with E-state index in [0.717, 1.165) is 62.5 Å². The lowest BCUT2D eigenvalue weighted by Gasteiger charge is -2.26. The Kier molecular flexibility index (Phi) is 7.78. The molecule has 0 bridgehead atoms. The van der Waals surface area contributed by atoms with Crippen molar-refractivity contribution >= 4 is 11.4 Å². The van der Waals surface area contributed by atoms with Crippen molar-refractivity contribution in [3.8, 4) is 93.7 Å². The van der Waals surface area contributed by atoms with Crippen molar-refractivity contribution in [2.45, 2.75) is 65.2 Å². The molecule has 0 aromatic heterocycles. The van der Waals surface area contributed by atoms with Crippen molar-refractivity contribution < 1.29 is 12.6 Å². The Bertz CT molecular complexity index is 1610. The minimum Gasteiger partial charge on any atom is -0.369 e.